The van der Waals surface area contributed by atoms with Crippen LogP contribution in [0, 0.1) is 0 Å². The molecule has 0 aliphatic heterocycles. The van der Waals surface area contributed by atoms with E-state index >= 15 is 0 Å². The van der Waals surface area contributed by atoms with Crippen LogP contribution >= 0.6 is 0 Å². The SMILES string of the molecule is CCOC(=O)[C@@H](CCCCNC(=O)c1ccccc1)NC(=O)c1ccccc1. The van der Waals surface area contributed by atoms with Crippen molar-refractivity contribution >= 4 is 17.8 Å². The Morgan fingerprint density at radius 1 is 0.857 bits per heavy atom. The quantitative estimate of drug-likeness (QED) is 0.489. The van der Waals surface area contributed by atoms with Crippen molar-refractivity contribution in [2.24, 2.45) is 0 Å². The number of nitrogens with one attached hydrogen (secondary N) is 2. The van der Waals surface area contributed by atoms with E-state index in [1.165, 1.54) is 0 Å². The maximum Gasteiger partial charge on any atom is 0.328 e. The minimum atomic E-state index is -0.711. The molecule has 0 radical (unpaired) electrons. The van der Waals surface area contributed by atoms with Crippen LogP contribution in [-0.4, -0.2) is 37.0 Å². The molecule has 0 saturated carbocycles. The molecule has 28 heavy (non-hydrogen) atoms. The summed E-state index contributed by atoms with van der Waals surface area (Å²) >= 11 is 0. The topological polar surface area (TPSA) is 84.5 Å². The molecular formula is C22H26N2O4. The first-order valence-electron chi connectivity index (χ1n) is 9.47. The Kier molecular flexibility index (Phi) is 8.72. The second-order valence-electron chi connectivity index (χ2n) is 6.26. The van der Waals surface area contributed by atoms with Crippen LogP contribution in [0.25, 0.3) is 0 Å². The van der Waals surface area contributed by atoms with Gasteiger partial charge in [0.05, 0.1) is 6.61 Å². The maximum atomic E-state index is 12.3. The molecule has 2 N–H and O–H groups in total. The molecule has 2 amide bonds. The Hall–Kier alpha value is -3.15. The number of unbranched alkanes of at least 4 members (excludes halogenated alkanes) is 1. The first-order valence-corrected chi connectivity index (χ1v) is 9.47. The summed E-state index contributed by atoms with van der Waals surface area (Å²) in [6.07, 6.45) is 1.79. The molecule has 0 heterocycles. The van der Waals surface area contributed by atoms with Gasteiger partial charge >= 0.3 is 5.97 Å². The summed E-state index contributed by atoms with van der Waals surface area (Å²) in [4.78, 5) is 36.5. The number of rotatable bonds is 10. The monoisotopic (exact) mass is 382 g/mol. The highest BCUT2D eigenvalue weighted by Gasteiger charge is 2.22. The highest BCUT2D eigenvalue weighted by molar-refractivity contribution is 5.96. The van der Waals surface area contributed by atoms with Crippen LogP contribution in [0.15, 0.2) is 60.7 Å². The molecule has 2 aromatic rings. The lowest BCUT2D eigenvalue weighted by Crippen LogP contribution is -2.42. The van der Waals surface area contributed by atoms with Gasteiger partial charge in [-0.3, -0.25) is 9.59 Å². The fourth-order valence-corrected chi connectivity index (χ4v) is 2.69. The van der Waals surface area contributed by atoms with Crippen LogP contribution in [0.4, 0.5) is 0 Å². The van der Waals surface area contributed by atoms with Crippen molar-refractivity contribution in [1.82, 2.24) is 10.6 Å². The van der Waals surface area contributed by atoms with Gasteiger partial charge in [0.15, 0.2) is 0 Å². The summed E-state index contributed by atoms with van der Waals surface area (Å²) < 4.78 is 5.07. The molecule has 0 saturated heterocycles. The Balaban J connectivity index is 1.79. The van der Waals surface area contributed by atoms with Crippen LogP contribution in [0.2, 0.25) is 0 Å². The van der Waals surface area contributed by atoms with Crippen molar-refractivity contribution in [2.75, 3.05) is 13.2 Å². The first kappa shape index (κ1) is 21.2. The minimum Gasteiger partial charge on any atom is -0.464 e. The third-order valence-corrected chi connectivity index (χ3v) is 4.15. The zero-order chi connectivity index (χ0) is 20.2. The van der Waals surface area contributed by atoms with Gasteiger partial charge in [-0.2, -0.15) is 0 Å². The van der Waals surface area contributed by atoms with E-state index in [0.29, 0.717) is 36.9 Å². The third kappa shape index (κ3) is 6.87. The highest BCUT2D eigenvalue weighted by Crippen LogP contribution is 2.06. The van der Waals surface area contributed by atoms with Gasteiger partial charge < -0.3 is 15.4 Å². The fraction of sp³-hybridized carbons (Fsp3) is 0.318. The van der Waals surface area contributed by atoms with Gasteiger partial charge in [0.25, 0.3) is 11.8 Å². The molecule has 1 atom stereocenters. The molecule has 0 spiro atoms. The molecule has 148 valence electrons. The van der Waals surface area contributed by atoms with E-state index in [2.05, 4.69) is 10.6 Å². The van der Waals surface area contributed by atoms with E-state index in [9.17, 15) is 14.4 Å². The number of hydrogen-bond acceptors (Lipinski definition) is 4. The normalized spacial score (nSPS) is 11.3. The van der Waals surface area contributed by atoms with Crippen molar-refractivity contribution in [1.29, 1.82) is 0 Å². The summed E-state index contributed by atoms with van der Waals surface area (Å²) in [5.74, 6) is -0.879. The minimum absolute atomic E-state index is 0.125. The molecule has 2 aromatic carbocycles. The van der Waals surface area contributed by atoms with Crippen LogP contribution in [0.3, 0.4) is 0 Å². The fourth-order valence-electron chi connectivity index (χ4n) is 2.69. The van der Waals surface area contributed by atoms with E-state index in [4.69, 9.17) is 4.74 Å². The van der Waals surface area contributed by atoms with Gasteiger partial charge in [-0.25, -0.2) is 4.79 Å². The number of hydrogen-bond donors (Lipinski definition) is 2. The van der Waals surface area contributed by atoms with Gasteiger partial charge in [-0.05, 0) is 50.5 Å². The zero-order valence-electron chi connectivity index (χ0n) is 16.0. The van der Waals surface area contributed by atoms with Crippen LogP contribution < -0.4 is 10.6 Å². The molecule has 0 fully saturated rings. The Labute approximate surface area is 165 Å². The Bertz CT molecular complexity index is 763. The molecule has 0 aliphatic carbocycles. The molecular weight excluding hydrogens is 356 g/mol. The molecule has 0 bridgehead atoms. The predicted molar refractivity (Wildman–Crippen MR) is 107 cm³/mol. The summed E-state index contributed by atoms with van der Waals surface area (Å²) in [6.45, 7) is 2.48. The van der Waals surface area contributed by atoms with E-state index in [-0.39, 0.29) is 18.4 Å². The van der Waals surface area contributed by atoms with Crippen LogP contribution in [0.5, 0.6) is 0 Å². The molecule has 2 rings (SSSR count). The van der Waals surface area contributed by atoms with Gasteiger partial charge in [0.1, 0.15) is 6.04 Å². The van der Waals surface area contributed by atoms with Crippen molar-refractivity contribution in [2.45, 2.75) is 32.2 Å². The summed E-state index contributed by atoms with van der Waals surface area (Å²) in [7, 11) is 0. The lowest BCUT2D eigenvalue weighted by Gasteiger charge is -2.17. The number of amides is 2. The average Bonchev–Trinajstić information content (AvgIpc) is 2.73. The molecule has 0 aromatic heterocycles. The second-order valence-corrected chi connectivity index (χ2v) is 6.26. The van der Waals surface area contributed by atoms with Crippen molar-refractivity contribution < 1.29 is 19.1 Å². The zero-order valence-corrected chi connectivity index (χ0v) is 16.0. The lowest BCUT2D eigenvalue weighted by atomic mass is 10.1. The average molecular weight is 382 g/mol. The van der Waals surface area contributed by atoms with Gasteiger partial charge in [-0.15, -0.1) is 0 Å². The number of carbonyl (C=O) groups excluding carboxylic acids is 3. The van der Waals surface area contributed by atoms with Crippen molar-refractivity contribution in [3.8, 4) is 0 Å². The van der Waals surface area contributed by atoms with Crippen molar-refractivity contribution in [3.05, 3.63) is 71.8 Å². The van der Waals surface area contributed by atoms with Crippen LogP contribution in [-0.2, 0) is 9.53 Å². The number of esters is 1. The lowest BCUT2D eigenvalue weighted by molar-refractivity contribution is -0.145. The highest BCUT2D eigenvalue weighted by atomic mass is 16.5. The van der Waals surface area contributed by atoms with Gasteiger partial charge in [0, 0.05) is 17.7 Å². The second kappa shape index (κ2) is 11.5. The first-order chi connectivity index (χ1) is 13.6. The molecule has 0 aliphatic rings. The Morgan fingerprint density at radius 3 is 2.00 bits per heavy atom. The summed E-state index contributed by atoms with van der Waals surface area (Å²) in [6, 6.07) is 17.0. The Morgan fingerprint density at radius 2 is 1.43 bits per heavy atom. The van der Waals surface area contributed by atoms with Gasteiger partial charge in [-0.1, -0.05) is 36.4 Å². The molecule has 6 nitrogen and oxygen atoms in total. The number of benzene rings is 2. The number of ether oxygens (including phenoxy) is 1. The van der Waals surface area contributed by atoms with Crippen molar-refractivity contribution in [3.63, 3.8) is 0 Å². The predicted octanol–water partition coefficient (Wildman–Crippen LogP) is 2.95. The van der Waals surface area contributed by atoms with E-state index in [1.54, 1.807) is 43.3 Å². The van der Waals surface area contributed by atoms with Gasteiger partial charge in [0.2, 0.25) is 0 Å². The van der Waals surface area contributed by atoms with E-state index < -0.39 is 12.0 Å². The smallest absolute Gasteiger partial charge is 0.328 e. The summed E-state index contributed by atoms with van der Waals surface area (Å²) in [5, 5.41) is 5.59. The van der Waals surface area contributed by atoms with E-state index in [0.717, 1.165) is 0 Å². The maximum absolute atomic E-state index is 12.3. The summed E-state index contributed by atoms with van der Waals surface area (Å²) in [5.41, 5.74) is 1.11. The molecule has 0 unspecified atom stereocenters. The number of carbonyl (C=O) groups is 3. The largest absolute Gasteiger partial charge is 0.464 e. The standard InChI is InChI=1S/C22H26N2O4/c1-2-28-22(27)19(24-21(26)18-13-7-4-8-14-18)15-9-10-16-23-20(25)17-11-5-3-6-12-17/h3-8,11-14,19H,2,9-10,15-16H2,1H3,(H,23,25)(H,24,26)/t19-/m1/s1. The molecule has 6 heteroatoms. The third-order valence-electron chi connectivity index (χ3n) is 4.15. The van der Waals surface area contributed by atoms with E-state index in [1.807, 2.05) is 24.3 Å². The van der Waals surface area contributed by atoms with Crippen LogP contribution in [0.1, 0.15) is 46.9 Å².